The Hall–Kier alpha value is -9.10. The molecule has 0 N–H and O–H groups in total. The van der Waals surface area contributed by atoms with E-state index in [4.69, 9.17) is 28.9 Å². The largest absolute Gasteiger partial charge is 0.481 e. The van der Waals surface area contributed by atoms with E-state index >= 15 is 0 Å². The first-order chi connectivity index (χ1) is 35.1. The molecule has 0 amide bonds. The van der Waals surface area contributed by atoms with Gasteiger partial charge in [0.15, 0.2) is 0 Å². The molecule has 0 saturated carbocycles. The van der Waals surface area contributed by atoms with Crippen molar-refractivity contribution in [3.8, 4) is 58.4 Å². The Bertz CT molecular complexity index is 3460. The maximum Gasteiger partial charge on any atom is 0.224 e. The van der Waals surface area contributed by atoms with Crippen LogP contribution in [0.25, 0.3) is 21.5 Å². The van der Waals surface area contributed by atoms with Gasteiger partial charge in [-0.3, -0.25) is 0 Å². The molecular formula is C65H46N2O4. The number of pyridine rings is 2. The molecule has 6 heteroatoms. The van der Waals surface area contributed by atoms with E-state index in [1.807, 2.05) is 62.4 Å². The van der Waals surface area contributed by atoms with Crippen LogP contribution in [0.5, 0.6) is 34.8 Å². The Kier molecular flexibility index (Phi) is 11.0. The zero-order chi connectivity index (χ0) is 47.8. The number of hydrogen-bond donors (Lipinski definition) is 0. The van der Waals surface area contributed by atoms with E-state index in [0.717, 1.165) is 95.5 Å². The minimum atomic E-state index is -0.721. The molecule has 0 fully saturated rings. The molecule has 2 aliphatic rings. The highest BCUT2D eigenvalue weighted by atomic mass is 16.5. The monoisotopic (exact) mass is 918 g/mol. The molecule has 0 bridgehead atoms. The molecule has 2 unspecified atom stereocenters. The molecule has 10 aromatic rings. The lowest BCUT2D eigenvalue weighted by molar-refractivity contribution is 0.370. The van der Waals surface area contributed by atoms with E-state index in [1.54, 1.807) is 12.4 Å². The van der Waals surface area contributed by atoms with Crippen LogP contribution in [0.15, 0.2) is 207 Å². The van der Waals surface area contributed by atoms with Crippen molar-refractivity contribution >= 4 is 21.5 Å². The van der Waals surface area contributed by atoms with Crippen molar-refractivity contribution in [2.24, 2.45) is 0 Å². The Morgan fingerprint density at radius 1 is 0.408 bits per heavy atom. The minimum Gasteiger partial charge on any atom is -0.481 e. The van der Waals surface area contributed by atoms with Gasteiger partial charge in [-0.05, 0) is 136 Å². The summed E-state index contributed by atoms with van der Waals surface area (Å²) in [5, 5.41) is 4.38. The van der Waals surface area contributed by atoms with Crippen molar-refractivity contribution in [2.75, 3.05) is 13.2 Å². The summed E-state index contributed by atoms with van der Waals surface area (Å²) in [6.07, 6.45) is 4.34. The summed E-state index contributed by atoms with van der Waals surface area (Å²) in [6, 6.07) is 69.1. The zero-order valence-electron chi connectivity index (χ0n) is 39.3. The molecule has 0 saturated heterocycles. The maximum absolute atomic E-state index is 6.54. The Morgan fingerprint density at radius 3 is 1.25 bits per heavy atom. The van der Waals surface area contributed by atoms with E-state index in [1.165, 1.54) is 11.1 Å². The molecular weight excluding hydrogens is 873 g/mol. The molecule has 6 nitrogen and oxygen atoms in total. The van der Waals surface area contributed by atoms with Gasteiger partial charge in [0.25, 0.3) is 0 Å². The summed E-state index contributed by atoms with van der Waals surface area (Å²) in [4.78, 5) is 9.59. The van der Waals surface area contributed by atoms with Gasteiger partial charge in [-0.25, -0.2) is 9.97 Å². The van der Waals surface area contributed by atoms with Gasteiger partial charge < -0.3 is 18.9 Å². The summed E-state index contributed by atoms with van der Waals surface area (Å²) in [7, 11) is 0. The molecule has 0 aliphatic carbocycles. The van der Waals surface area contributed by atoms with Crippen LogP contribution >= 0.6 is 0 Å². The van der Waals surface area contributed by atoms with Crippen LogP contribution in [-0.4, -0.2) is 23.2 Å². The number of aromatic nitrogens is 2. The molecule has 8 aromatic carbocycles. The standard InChI is InChI=1S/C65H46N2O4/c1-3-5-37-68-54-33-25-46-40-52(31-23-48(46)42-54)64(56-13-7-9-17-60(56)70-62-58(64)15-11-35-66-62)50-27-19-44(20-28-50)39-45-21-29-51(30-22-45)65(57-14-8-10-18-61(57)71-63-59(65)16-12-36-67-63)53-32-24-49-43-55(69-38-6-4-2)34-26-47(49)41-53/h7-36,40-43H,37-39H2,1-2H3. The van der Waals surface area contributed by atoms with Crippen molar-refractivity contribution in [3.05, 3.63) is 262 Å². The summed E-state index contributed by atoms with van der Waals surface area (Å²) in [5.74, 6) is 16.1. The molecule has 2 aliphatic heterocycles. The number of benzene rings is 8. The highest BCUT2D eigenvalue weighted by Crippen LogP contribution is 2.56. The van der Waals surface area contributed by atoms with Crippen molar-refractivity contribution in [2.45, 2.75) is 31.1 Å². The normalized spacial score (nSPS) is 16.0. The van der Waals surface area contributed by atoms with Crippen molar-refractivity contribution in [1.29, 1.82) is 0 Å². The SMILES string of the molecule is CC#CCOc1ccc2cc(C3(c4ccc(Cc5ccc(C6(c7ccc8cc(OCC#CC)ccc8c7)c7ccccc7Oc7ncccc76)cc5)cc4)c4ccccc4Oc4ncccc43)ccc2c1. The third-order valence-electron chi connectivity index (χ3n) is 14.0. The lowest BCUT2D eigenvalue weighted by atomic mass is 9.63. The van der Waals surface area contributed by atoms with Crippen molar-refractivity contribution < 1.29 is 18.9 Å². The fourth-order valence-corrected chi connectivity index (χ4v) is 10.8. The molecule has 2 atom stereocenters. The number of hydrogen-bond acceptors (Lipinski definition) is 6. The van der Waals surface area contributed by atoms with Crippen molar-refractivity contribution in [1.82, 2.24) is 9.97 Å². The number of fused-ring (bicyclic) bond motifs is 6. The number of rotatable bonds is 10. The van der Waals surface area contributed by atoms with E-state index in [-0.39, 0.29) is 0 Å². The molecule has 0 spiro atoms. The molecule has 71 heavy (non-hydrogen) atoms. The van der Waals surface area contributed by atoms with Crippen LogP contribution in [0.4, 0.5) is 0 Å². The molecule has 4 heterocycles. The van der Waals surface area contributed by atoms with Gasteiger partial charge in [0.05, 0.1) is 10.8 Å². The quantitative estimate of drug-likeness (QED) is 0.127. The summed E-state index contributed by atoms with van der Waals surface area (Å²) in [5.41, 5.74) is 9.53. The first-order valence-electron chi connectivity index (χ1n) is 23.8. The average Bonchev–Trinajstić information content (AvgIpc) is 3.42. The van der Waals surface area contributed by atoms with Gasteiger partial charge in [0, 0.05) is 34.6 Å². The van der Waals surface area contributed by atoms with Crippen molar-refractivity contribution in [3.63, 3.8) is 0 Å². The van der Waals surface area contributed by atoms with Gasteiger partial charge in [0.2, 0.25) is 11.8 Å². The van der Waals surface area contributed by atoms with Gasteiger partial charge in [-0.15, -0.1) is 11.8 Å². The molecule has 0 radical (unpaired) electrons. The van der Waals surface area contributed by atoms with Gasteiger partial charge >= 0.3 is 0 Å². The smallest absolute Gasteiger partial charge is 0.224 e. The first-order valence-corrected chi connectivity index (χ1v) is 23.8. The number of para-hydroxylation sites is 2. The zero-order valence-corrected chi connectivity index (χ0v) is 39.3. The second kappa shape index (κ2) is 18.1. The van der Waals surface area contributed by atoms with E-state index < -0.39 is 10.8 Å². The molecule has 340 valence electrons. The van der Waals surface area contributed by atoms with Crippen LogP contribution in [0.2, 0.25) is 0 Å². The van der Waals surface area contributed by atoms with E-state index in [2.05, 4.69) is 169 Å². The van der Waals surface area contributed by atoms with Crippen LogP contribution in [0.1, 0.15) is 69.5 Å². The molecule has 12 rings (SSSR count). The summed E-state index contributed by atoms with van der Waals surface area (Å²) < 4.78 is 24.9. The predicted octanol–water partition coefficient (Wildman–Crippen LogP) is 14.2. The Balaban J connectivity index is 0.928. The maximum atomic E-state index is 6.54. The third-order valence-corrected chi connectivity index (χ3v) is 14.0. The predicted molar refractivity (Wildman–Crippen MR) is 281 cm³/mol. The van der Waals surface area contributed by atoms with Crippen LogP contribution in [-0.2, 0) is 17.3 Å². The number of nitrogens with zero attached hydrogens (tertiary/aromatic N) is 2. The highest BCUT2D eigenvalue weighted by Gasteiger charge is 2.47. The third kappa shape index (κ3) is 7.41. The molecule has 2 aromatic heterocycles. The topological polar surface area (TPSA) is 62.7 Å². The lowest BCUT2D eigenvalue weighted by Gasteiger charge is -2.41. The fourth-order valence-electron chi connectivity index (χ4n) is 10.8. The van der Waals surface area contributed by atoms with Gasteiger partial charge in [-0.2, -0.15) is 0 Å². The summed E-state index contributed by atoms with van der Waals surface area (Å²) >= 11 is 0. The van der Waals surface area contributed by atoms with Gasteiger partial charge in [0.1, 0.15) is 36.2 Å². The second-order valence-corrected chi connectivity index (χ2v) is 17.9. The minimum absolute atomic E-state index is 0.351. The lowest BCUT2D eigenvalue weighted by Crippen LogP contribution is -2.34. The summed E-state index contributed by atoms with van der Waals surface area (Å²) in [6.45, 7) is 4.34. The Morgan fingerprint density at radius 2 is 0.803 bits per heavy atom. The van der Waals surface area contributed by atoms with E-state index in [9.17, 15) is 0 Å². The number of ether oxygens (including phenoxy) is 4. The van der Waals surface area contributed by atoms with Crippen LogP contribution < -0.4 is 18.9 Å². The van der Waals surface area contributed by atoms with Gasteiger partial charge in [-0.1, -0.05) is 145 Å². The first kappa shape index (κ1) is 43.2. The average molecular weight is 919 g/mol. The fraction of sp³-hybridized carbons (Fsp3) is 0.108. The Labute approximate surface area is 413 Å². The van der Waals surface area contributed by atoms with E-state index in [0.29, 0.717) is 25.0 Å². The van der Waals surface area contributed by atoms with Crippen LogP contribution in [0.3, 0.4) is 0 Å². The highest BCUT2D eigenvalue weighted by molar-refractivity contribution is 5.87. The second-order valence-electron chi connectivity index (χ2n) is 17.9. The van der Waals surface area contributed by atoms with Crippen LogP contribution in [0, 0.1) is 23.7 Å².